The molecule has 0 aliphatic rings. The van der Waals surface area contributed by atoms with Crippen LogP contribution in [-0.2, 0) is 11.4 Å². The van der Waals surface area contributed by atoms with E-state index in [-0.39, 0.29) is 18.3 Å². The number of rotatable bonds is 7. The summed E-state index contributed by atoms with van der Waals surface area (Å²) < 4.78 is 18.8. The fraction of sp³-hybridized carbons (Fsp3) is 0.0952. The highest BCUT2D eigenvalue weighted by molar-refractivity contribution is 6.30. The quantitative estimate of drug-likeness (QED) is 0.595. The largest absolute Gasteiger partial charge is 0.489 e. The number of anilines is 2. The van der Waals surface area contributed by atoms with Crippen molar-refractivity contribution in [3.63, 3.8) is 0 Å². The van der Waals surface area contributed by atoms with Gasteiger partial charge in [0.05, 0.1) is 6.54 Å². The average molecular weight is 385 g/mol. The van der Waals surface area contributed by atoms with Gasteiger partial charge in [-0.3, -0.25) is 4.79 Å². The SMILES string of the molecule is O=C(CNc1cccc(F)c1)Nc1ccc(OCc2ccc(Cl)cc2)cc1. The van der Waals surface area contributed by atoms with Crippen LogP contribution in [0.25, 0.3) is 0 Å². The zero-order valence-electron chi connectivity index (χ0n) is 14.4. The molecule has 0 bridgehead atoms. The summed E-state index contributed by atoms with van der Waals surface area (Å²) in [4.78, 5) is 12.0. The Labute approximate surface area is 161 Å². The fourth-order valence-corrected chi connectivity index (χ4v) is 2.49. The molecule has 0 unspecified atom stereocenters. The van der Waals surface area contributed by atoms with E-state index in [0.29, 0.717) is 28.8 Å². The minimum absolute atomic E-state index is 0.0400. The average Bonchev–Trinajstić information content (AvgIpc) is 2.67. The summed E-state index contributed by atoms with van der Waals surface area (Å²) in [7, 11) is 0. The number of ether oxygens (including phenoxy) is 1. The lowest BCUT2D eigenvalue weighted by molar-refractivity contribution is -0.114. The molecule has 3 rings (SSSR count). The van der Waals surface area contributed by atoms with Crippen LogP contribution in [0.3, 0.4) is 0 Å². The Kier molecular flexibility index (Phi) is 6.28. The first-order valence-electron chi connectivity index (χ1n) is 8.35. The summed E-state index contributed by atoms with van der Waals surface area (Å²) in [6, 6.07) is 20.5. The first-order chi connectivity index (χ1) is 13.1. The van der Waals surface area contributed by atoms with E-state index in [9.17, 15) is 9.18 Å². The molecule has 3 aromatic carbocycles. The van der Waals surface area contributed by atoms with Crippen LogP contribution in [0.5, 0.6) is 5.75 Å². The van der Waals surface area contributed by atoms with Gasteiger partial charge in [-0.2, -0.15) is 0 Å². The molecule has 0 spiro atoms. The monoisotopic (exact) mass is 384 g/mol. The number of carbonyl (C=O) groups is 1. The van der Waals surface area contributed by atoms with Crippen LogP contribution in [0.15, 0.2) is 72.8 Å². The van der Waals surface area contributed by atoms with E-state index < -0.39 is 0 Å². The zero-order chi connectivity index (χ0) is 19.1. The summed E-state index contributed by atoms with van der Waals surface area (Å²) in [5.74, 6) is 0.115. The summed E-state index contributed by atoms with van der Waals surface area (Å²) in [6.45, 7) is 0.471. The molecular formula is C21H18ClFN2O2. The highest BCUT2D eigenvalue weighted by atomic mass is 35.5. The van der Waals surface area contributed by atoms with Crippen molar-refractivity contribution in [3.05, 3.63) is 89.2 Å². The molecule has 0 saturated carbocycles. The van der Waals surface area contributed by atoms with Crippen molar-refractivity contribution in [2.75, 3.05) is 17.2 Å². The predicted molar refractivity (Wildman–Crippen MR) is 106 cm³/mol. The van der Waals surface area contributed by atoms with E-state index in [2.05, 4.69) is 10.6 Å². The van der Waals surface area contributed by atoms with Gasteiger partial charge >= 0.3 is 0 Å². The molecule has 3 aromatic rings. The van der Waals surface area contributed by atoms with Crippen molar-refractivity contribution >= 4 is 28.9 Å². The minimum atomic E-state index is -0.352. The Bertz CT molecular complexity index is 899. The van der Waals surface area contributed by atoms with Crippen molar-refractivity contribution in [1.29, 1.82) is 0 Å². The highest BCUT2D eigenvalue weighted by Gasteiger charge is 2.04. The molecule has 4 nitrogen and oxygen atoms in total. The third-order valence-corrected chi connectivity index (χ3v) is 3.99. The molecule has 27 heavy (non-hydrogen) atoms. The van der Waals surface area contributed by atoms with Gasteiger partial charge in [0.25, 0.3) is 0 Å². The van der Waals surface area contributed by atoms with Crippen LogP contribution in [-0.4, -0.2) is 12.5 Å². The third kappa shape index (κ3) is 6.01. The summed E-state index contributed by atoms with van der Waals surface area (Å²) >= 11 is 5.86. The van der Waals surface area contributed by atoms with E-state index in [4.69, 9.17) is 16.3 Å². The third-order valence-electron chi connectivity index (χ3n) is 3.73. The van der Waals surface area contributed by atoms with E-state index >= 15 is 0 Å². The first kappa shape index (κ1) is 18.7. The number of benzene rings is 3. The van der Waals surface area contributed by atoms with Crippen molar-refractivity contribution in [2.24, 2.45) is 0 Å². The van der Waals surface area contributed by atoms with E-state index in [1.165, 1.54) is 12.1 Å². The normalized spacial score (nSPS) is 10.3. The molecule has 0 atom stereocenters. The second-order valence-electron chi connectivity index (χ2n) is 5.85. The maximum Gasteiger partial charge on any atom is 0.243 e. The molecule has 0 aliphatic carbocycles. The van der Waals surface area contributed by atoms with Crippen LogP contribution in [0.2, 0.25) is 5.02 Å². The van der Waals surface area contributed by atoms with Gasteiger partial charge < -0.3 is 15.4 Å². The van der Waals surface area contributed by atoms with Crippen molar-refractivity contribution < 1.29 is 13.9 Å². The summed E-state index contributed by atoms with van der Waals surface area (Å²) in [6.07, 6.45) is 0. The van der Waals surface area contributed by atoms with Gasteiger partial charge in [-0.05, 0) is 60.2 Å². The smallest absolute Gasteiger partial charge is 0.243 e. The molecule has 0 aliphatic heterocycles. The van der Waals surface area contributed by atoms with E-state index in [1.54, 1.807) is 36.4 Å². The van der Waals surface area contributed by atoms with E-state index in [0.717, 1.165) is 5.56 Å². The van der Waals surface area contributed by atoms with Crippen LogP contribution < -0.4 is 15.4 Å². The van der Waals surface area contributed by atoms with Gasteiger partial charge in [0, 0.05) is 16.4 Å². The topological polar surface area (TPSA) is 50.4 Å². The summed E-state index contributed by atoms with van der Waals surface area (Å²) in [5.41, 5.74) is 2.22. The standard InChI is InChI=1S/C21H18ClFN2O2/c22-16-6-4-15(5-7-16)14-27-20-10-8-18(9-11-20)25-21(26)13-24-19-3-1-2-17(23)12-19/h1-12,24H,13-14H2,(H,25,26). The van der Waals surface area contributed by atoms with Gasteiger partial charge in [-0.15, -0.1) is 0 Å². The Morgan fingerprint density at radius 2 is 1.70 bits per heavy atom. The molecular weight excluding hydrogens is 367 g/mol. The van der Waals surface area contributed by atoms with Crippen LogP contribution in [0, 0.1) is 5.82 Å². The van der Waals surface area contributed by atoms with Gasteiger partial charge in [0.2, 0.25) is 5.91 Å². The number of nitrogens with one attached hydrogen (secondary N) is 2. The number of hydrogen-bond donors (Lipinski definition) is 2. The maximum atomic E-state index is 13.1. The second-order valence-corrected chi connectivity index (χ2v) is 6.29. The minimum Gasteiger partial charge on any atom is -0.489 e. The Morgan fingerprint density at radius 3 is 2.41 bits per heavy atom. The lowest BCUT2D eigenvalue weighted by Gasteiger charge is -2.10. The van der Waals surface area contributed by atoms with Gasteiger partial charge in [0.15, 0.2) is 0 Å². The van der Waals surface area contributed by atoms with Gasteiger partial charge in [-0.25, -0.2) is 4.39 Å². The Morgan fingerprint density at radius 1 is 0.963 bits per heavy atom. The van der Waals surface area contributed by atoms with Crippen molar-refractivity contribution in [3.8, 4) is 5.75 Å². The molecule has 0 saturated heterocycles. The molecule has 0 radical (unpaired) electrons. The zero-order valence-corrected chi connectivity index (χ0v) is 15.2. The lowest BCUT2D eigenvalue weighted by Crippen LogP contribution is -2.21. The van der Waals surface area contributed by atoms with Crippen LogP contribution in [0.4, 0.5) is 15.8 Å². The highest BCUT2D eigenvalue weighted by Crippen LogP contribution is 2.18. The van der Waals surface area contributed by atoms with Gasteiger partial charge in [0.1, 0.15) is 18.2 Å². The number of hydrogen-bond acceptors (Lipinski definition) is 3. The van der Waals surface area contributed by atoms with Crippen LogP contribution >= 0.6 is 11.6 Å². The molecule has 6 heteroatoms. The molecule has 0 heterocycles. The number of carbonyl (C=O) groups excluding carboxylic acids is 1. The number of amides is 1. The molecule has 2 N–H and O–H groups in total. The second kappa shape index (κ2) is 9.05. The predicted octanol–water partition coefficient (Wildman–Crippen LogP) is 5.11. The molecule has 1 amide bonds. The van der Waals surface area contributed by atoms with Gasteiger partial charge in [-0.1, -0.05) is 29.8 Å². The fourth-order valence-electron chi connectivity index (χ4n) is 2.37. The molecule has 0 aromatic heterocycles. The van der Waals surface area contributed by atoms with Crippen molar-refractivity contribution in [1.82, 2.24) is 0 Å². The van der Waals surface area contributed by atoms with Crippen molar-refractivity contribution in [2.45, 2.75) is 6.61 Å². The summed E-state index contributed by atoms with van der Waals surface area (Å²) in [5, 5.41) is 6.33. The maximum absolute atomic E-state index is 13.1. The number of halogens is 2. The Hall–Kier alpha value is -3.05. The molecule has 0 fully saturated rings. The van der Waals surface area contributed by atoms with Crippen LogP contribution in [0.1, 0.15) is 5.56 Å². The lowest BCUT2D eigenvalue weighted by atomic mass is 10.2. The Balaban J connectivity index is 1.46. The first-order valence-corrected chi connectivity index (χ1v) is 8.73. The van der Waals surface area contributed by atoms with E-state index in [1.807, 2.05) is 24.3 Å². The molecule has 138 valence electrons.